The minimum Gasteiger partial charge on any atom is -0.379 e. The van der Waals surface area contributed by atoms with Crippen molar-refractivity contribution in [3.05, 3.63) is 53.5 Å². The normalized spacial score (nSPS) is 16.1. The molecule has 1 aromatic heterocycles. The maximum atomic E-state index is 13.2. The summed E-state index contributed by atoms with van der Waals surface area (Å²) in [7, 11) is 0. The number of benzene rings is 1. The van der Waals surface area contributed by atoms with Crippen LogP contribution < -0.4 is 5.32 Å². The van der Waals surface area contributed by atoms with Crippen LogP contribution in [0.5, 0.6) is 0 Å². The van der Waals surface area contributed by atoms with Gasteiger partial charge in [-0.25, -0.2) is 4.39 Å². The highest BCUT2D eigenvalue weighted by molar-refractivity contribution is 5.98. The van der Waals surface area contributed by atoms with Crippen molar-refractivity contribution in [2.75, 3.05) is 39.4 Å². The summed E-state index contributed by atoms with van der Waals surface area (Å²) in [5, 5.41) is 11.1. The van der Waals surface area contributed by atoms with Gasteiger partial charge in [-0.2, -0.15) is 5.10 Å². The quantitative estimate of drug-likeness (QED) is 0.541. The van der Waals surface area contributed by atoms with Crippen LogP contribution in [0.1, 0.15) is 29.4 Å². The molecule has 1 saturated heterocycles. The third-order valence-corrected chi connectivity index (χ3v) is 4.81. The van der Waals surface area contributed by atoms with Crippen molar-refractivity contribution >= 4 is 16.8 Å². The standard InChI is InChI=1S/C21H27FN4O2/c1-2-17(22)5-3-6-19-18-15-16(7-8-20(18)25-24-19)21(27)23-9-4-10-26-11-13-28-14-12-26/h2-3,5,7-8,15H,4,6,9-14H2,1H3,(H,23,27)(H,24,25)/b5-3-,17-2+. The third-order valence-electron chi connectivity index (χ3n) is 4.81. The number of aromatic nitrogens is 2. The fraction of sp³-hybridized carbons (Fsp3) is 0.429. The molecular weight excluding hydrogens is 359 g/mol. The Kier molecular flexibility index (Phi) is 7.33. The predicted molar refractivity (Wildman–Crippen MR) is 108 cm³/mol. The number of hydrogen-bond donors (Lipinski definition) is 2. The number of rotatable bonds is 8. The number of ether oxygens (including phenoxy) is 1. The molecule has 150 valence electrons. The number of morpholine rings is 1. The van der Waals surface area contributed by atoms with Crippen molar-refractivity contribution in [2.45, 2.75) is 19.8 Å². The summed E-state index contributed by atoms with van der Waals surface area (Å²) < 4.78 is 18.5. The number of carbonyl (C=O) groups is 1. The lowest BCUT2D eigenvalue weighted by Gasteiger charge is -2.26. The molecule has 1 aromatic carbocycles. The Morgan fingerprint density at radius 1 is 1.39 bits per heavy atom. The van der Waals surface area contributed by atoms with Crippen LogP contribution in [0.3, 0.4) is 0 Å². The van der Waals surface area contributed by atoms with Crippen molar-refractivity contribution < 1.29 is 13.9 Å². The average molecular weight is 386 g/mol. The van der Waals surface area contributed by atoms with Crippen LogP contribution in [0.4, 0.5) is 4.39 Å². The van der Waals surface area contributed by atoms with E-state index in [1.807, 2.05) is 12.1 Å². The van der Waals surface area contributed by atoms with E-state index in [1.165, 1.54) is 12.2 Å². The SMILES string of the molecule is C/C=C(F)\C=C/Cc1[nH]nc2ccc(C(=O)NCCCN3CCOCC3)cc12. The topological polar surface area (TPSA) is 70.2 Å². The predicted octanol–water partition coefficient (Wildman–Crippen LogP) is 2.99. The summed E-state index contributed by atoms with van der Waals surface area (Å²) in [5.74, 6) is -0.368. The molecule has 2 N–H and O–H groups in total. The Morgan fingerprint density at radius 3 is 3.00 bits per heavy atom. The first-order valence-electron chi connectivity index (χ1n) is 9.71. The number of aromatic amines is 1. The van der Waals surface area contributed by atoms with Crippen LogP contribution in [0.2, 0.25) is 0 Å². The lowest BCUT2D eigenvalue weighted by Crippen LogP contribution is -2.38. The molecule has 1 aliphatic rings. The second-order valence-corrected chi connectivity index (χ2v) is 6.78. The fourth-order valence-corrected chi connectivity index (χ4v) is 3.18. The van der Waals surface area contributed by atoms with Crippen LogP contribution in [-0.2, 0) is 11.2 Å². The van der Waals surface area contributed by atoms with Gasteiger partial charge in [0.05, 0.1) is 18.7 Å². The number of halogens is 1. The molecule has 6 nitrogen and oxygen atoms in total. The van der Waals surface area contributed by atoms with Crippen LogP contribution in [0, 0.1) is 0 Å². The van der Waals surface area contributed by atoms with Crippen molar-refractivity contribution in [2.24, 2.45) is 0 Å². The van der Waals surface area contributed by atoms with E-state index in [9.17, 15) is 9.18 Å². The number of amides is 1. The molecule has 0 bridgehead atoms. The van der Waals surface area contributed by atoms with E-state index in [2.05, 4.69) is 20.4 Å². The van der Waals surface area contributed by atoms with E-state index in [1.54, 1.807) is 19.1 Å². The molecule has 1 fully saturated rings. The zero-order chi connectivity index (χ0) is 19.8. The van der Waals surface area contributed by atoms with Gasteiger partial charge in [0, 0.05) is 42.7 Å². The van der Waals surface area contributed by atoms with Gasteiger partial charge < -0.3 is 10.1 Å². The molecule has 0 aliphatic carbocycles. The fourth-order valence-electron chi connectivity index (χ4n) is 3.18. The second kappa shape index (κ2) is 10.1. The number of hydrogen-bond acceptors (Lipinski definition) is 4. The van der Waals surface area contributed by atoms with Gasteiger partial charge in [0.25, 0.3) is 5.91 Å². The lowest BCUT2D eigenvalue weighted by atomic mass is 10.1. The highest BCUT2D eigenvalue weighted by atomic mass is 19.1. The van der Waals surface area contributed by atoms with Crippen LogP contribution >= 0.6 is 0 Å². The van der Waals surface area contributed by atoms with Gasteiger partial charge in [-0.1, -0.05) is 12.2 Å². The molecule has 7 heteroatoms. The van der Waals surface area contributed by atoms with Crippen LogP contribution in [-0.4, -0.2) is 60.4 Å². The Balaban J connectivity index is 1.55. The maximum Gasteiger partial charge on any atom is 0.251 e. The molecular formula is C21H27FN4O2. The minimum absolute atomic E-state index is 0.0912. The minimum atomic E-state index is -0.277. The number of nitrogens with one attached hydrogen (secondary N) is 2. The summed E-state index contributed by atoms with van der Waals surface area (Å²) in [4.78, 5) is 14.8. The molecule has 0 spiro atoms. The first-order chi connectivity index (χ1) is 13.7. The van der Waals surface area contributed by atoms with Gasteiger partial charge in [0.1, 0.15) is 5.83 Å². The van der Waals surface area contributed by atoms with E-state index < -0.39 is 0 Å². The summed E-state index contributed by atoms with van der Waals surface area (Å²) in [6.07, 6.45) is 6.00. The van der Waals surface area contributed by atoms with Gasteiger partial charge in [-0.05, 0) is 44.2 Å². The van der Waals surface area contributed by atoms with Gasteiger partial charge in [-0.3, -0.25) is 14.8 Å². The molecule has 0 unspecified atom stereocenters. The molecule has 0 saturated carbocycles. The number of carbonyl (C=O) groups excluding carboxylic acids is 1. The van der Waals surface area contributed by atoms with Gasteiger partial charge in [-0.15, -0.1) is 0 Å². The molecule has 3 rings (SSSR count). The van der Waals surface area contributed by atoms with E-state index in [0.717, 1.165) is 55.9 Å². The molecule has 2 heterocycles. The number of H-pyrrole nitrogens is 1. The van der Waals surface area contributed by atoms with Crippen molar-refractivity contribution in [1.82, 2.24) is 20.4 Å². The van der Waals surface area contributed by atoms with E-state index in [4.69, 9.17) is 4.74 Å². The monoisotopic (exact) mass is 386 g/mol. The zero-order valence-electron chi connectivity index (χ0n) is 16.2. The Hall–Kier alpha value is -2.51. The van der Waals surface area contributed by atoms with Crippen LogP contribution in [0.15, 0.2) is 42.3 Å². The molecule has 2 aromatic rings. The highest BCUT2D eigenvalue weighted by Crippen LogP contribution is 2.19. The Morgan fingerprint density at radius 2 is 2.21 bits per heavy atom. The second-order valence-electron chi connectivity index (χ2n) is 6.78. The van der Waals surface area contributed by atoms with E-state index >= 15 is 0 Å². The number of nitrogens with zero attached hydrogens (tertiary/aromatic N) is 2. The first kappa shape index (κ1) is 20.2. The summed E-state index contributed by atoms with van der Waals surface area (Å²) in [6.45, 7) is 6.74. The molecule has 0 atom stereocenters. The van der Waals surface area contributed by atoms with Crippen molar-refractivity contribution in [3.63, 3.8) is 0 Å². The van der Waals surface area contributed by atoms with E-state index in [0.29, 0.717) is 18.5 Å². The smallest absolute Gasteiger partial charge is 0.251 e. The first-order valence-corrected chi connectivity index (χ1v) is 9.71. The Labute approximate surface area is 164 Å². The zero-order valence-corrected chi connectivity index (χ0v) is 16.2. The largest absolute Gasteiger partial charge is 0.379 e. The van der Waals surface area contributed by atoms with Crippen molar-refractivity contribution in [1.29, 1.82) is 0 Å². The Bertz CT molecular complexity index is 853. The van der Waals surface area contributed by atoms with Crippen molar-refractivity contribution in [3.8, 4) is 0 Å². The molecule has 28 heavy (non-hydrogen) atoms. The third kappa shape index (κ3) is 5.50. The molecule has 0 radical (unpaired) electrons. The summed E-state index contributed by atoms with van der Waals surface area (Å²) in [5.41, 5.74) is 2.25. The van der Waals surface area contributed by atoms with E-state index in [-0.39, 0.29) is 11.7 Å². The van der Waals surface area contributed by atoms with Gasteiger partial charge in [0.15, 0.2) is 0 Å². The summed E-state index contributed by atoms with van der Waals surface area (Å²) >= 11 is 0. The molecule has 1 aliphatic heterocycles. The lowest BCUT2D eigenvalue weighted by molar-refractivity contribution is 0.0374. The van der Waals surface area contributed by atoms with Crippen LogP contribution in [0.25, 0.3) is 10.9 Å². The number of fused-ring (bicyclic) bond motifs is 1. The summed E-state index contributed by atoms with van der Waals surface area (Å²) in [6, 6.07) is 5.44. The maximum absolute atomic E-state index is 13.2. The molecule has 1 amide bonds. The number of allylic oxidation sites excluding steroid dienone is 4. The van der Waals surface area contributed by atoms with Gasteiger partial charge >= 0.3 is 0 Å². The van der Waals surface area contributed by atoms with Gasteiger partial charge in [0.2, 0.25) is 0 Å². The highest BCUT2D eigenvalue weighted by Gasteiger charge is 2.12. The average Bonchev–Trinajstić information content (AvgIpc) is 3.14.